The third kappa shape index (κ3) is 4.65. The molecule has 160 valence electrons. The second-order valence-corrected chi connectivity index (χ2v) is 9.35. The van der Waals surface area contributed by atoms with Crippen LogP contribution in [0.4, 0.5) is 0 Å². The first-order valence-electron chi connectivity index (χ1n) is 11.0. The van der Waals surface area contributed by atoms with Crippen LogP contribution in [-0.2, 0) is 11.2 Å². The lowest BCUT2D eigenvalue weighted by molar-refractivity contribution is -0.135. The Kier molecular flexibility index (Phi) is 6.00. The molecule has 2 aliphatic heterocycles. The maximum absolute atomic E-state index is 13.2. The molecular formula is C25H27N3O2S. The highest BCUT2D eigenvalue weighted by Gasteiger charge is 2.36. The molecule has 3 aromatic rings. The predicted molar refractivity (Wildman–Crippen MR) is 123 cm³/mol. The summed E-state index contributed by atoms with van der Waals surface area (Å²) in [5.41, 5.74) is 2.37. The van der Waals surface area contributed by atoms with E-state index in [1.807, 2.05) is 23.6 Å². The summed E-state index contributed by atoms with van der Waals surface area (Å²) in [7, 11) is 0. The smallest absolute Gasteiger partial charge is 0.257 e. The second-order valence-electron chi connectivity index (χ2n) is 8.41. The minimum Gasteiger partial charge on any atom is -0.467 e. The van der Waals surface area contributed by atoms with Gasteiger partial charge in [-0.25, -0.2) is 5.01 Å². The van der Waals surface area contributed by atoms with Crippen molar-refractivity contribution in [2.24, 2.45) is 11.0 Å². The van der Waals surface area contributed by atoms with Gasteiger partial charge in [0.15, 0.2) is 0 Å². The van der Waals surface area contributed by atoms with Gasteiger partial charge in [-0.1, -0.05) is 36.4 Å². The van der Waals surface area contributed by atoms with Gasteiger partial charge in [-0.05, 0) is 67.4 Å². The van der Waals surface area contributed by atoms with Gasteiger partial charge in [-0.15, -0.1) is 11.3 Å². The average molecular weight is 434 g/mol. The van der Waals surface area contributed by atoms with Crippen LogP contribution in [0.5, 0.6) is 0 Å². The maximum Gasteiger partial charge on any atom is 0.257 e. The number of hydrazone groups is 1. The van der Waals surface area contributed by atoms with E-state index < -0.39 is 0 Å². The number of hydrogen-bond donors (Lipinski definition) is 0. The number of furan rings is 1. The van der Waals surface area contributed by atoms with E-state index in [0.29, 0.717) is 18.9 Å². The monoisotopic (exact) mass is 433 g/mol. The van der Waals surface area contributed by atoms with E-state index in [9.17, 15) is 4.79 Å². The van der Waals surface area contributed by atoms with Gasteiger partial charge in [0, 0.05) is 6.42 Å². The number of hydrogen-bond acceptors (Lipinski definition) is 5. The molecule has 1 atom stereocenters. The van der Waals surface area contributed by atoms with E-state index in [1.165, 1.54) is 5.56 Å². The second kappa shape index (κ2) is 9.20. The fourth-order valence-corrected chi connectivity index (χ4v) is 5.32. The normalized spacial score (nSPS) is 20.2. The Morgan fingerprint density at radius 2 is 1.90 bits per heavy atom. The lowest BCUT2D eigenvalue weighted by Crippen LogP contribution is -2.42. The Labute approximate surface area is 187 Å². The Balaban J connectivity index is 1.21. The molecule has 2 aromatic heterocycles. The first kappa shape index (κ1) is 20.2. The fourth-order valence-electron chi connectivity index (χ4n) is 4.59. The number of benzene rings is 1. The Hall–Kier alpha value is -2.70. The molecule has 1 amide bonds. The number of carbonyl (C=O) groups is 1. The topological polar surface area (TPSA) is 49.1 Å². The molecule has 2 aliphatic rings. The molecule has 0 bridgehead atoms. The van der Waals surface area contributed by atoms with Crippen LogP contribution in [-0.4, -0.2) is 41.2 Å². The van der Waals surface area contributed by atoms with Crippen molar-refractivity contribution in [3.63, 3.8) is 0 Å². The van der Waals surface area contributed by atoms with Crippen molar-refractivity contribution < 1.29 is 9.21 Å². The van der Waals surface area contributed by atoms with Gasteiger partial charge >= 0.3 is 0 Å². The number of rotatable bonds is 6. The number of amides is 1. The third-order valence-electron chi connectivity index (χ3n) is 6.28. The Bertz CT molecular complexity index is 1010. The lowest BCUT2D eigenvalue weighted by Gasteiger charge is -2.32. The molecule has 0 unspecified atom stereocenters. The van der Waals surface area contributed by atoms with E-state index in [4.69, 9.17) is 9.52 Å². The molecule has 0 spiro atoms. The number of thiophene rings is 1. The number of carbonyl (C=O) groups excluding carboxylic acids is 1. The fraction of sp³-hybridized carbons (Fsp3) is 0.360. The lowest BCUT2D eigenvalue weighted by atomic mass is 9.90. The molecule has 0 saturated carbocycles. The van der Waals surface area contributed by atoms with Crippen molar-refractivity contribution in [2.75, 3.05) is 19.6 Å². The van der Waals surface area contributed by atoms with Crippen LogP contribution in [0.25, 0.3) is 0 Å². The Morgan fingerprint density at radius 3 is 2.61 bits per heavy atom. The van der Waals surface area contributed by atoms with Gasteiger partial charge in [0.1, 0.15) is 11.8 Å². The van der Waals surface area contributed by atoms with Crippen LogP contribution < -0.4 is 0 Å². The van der Waals surface area contributed by atoms with Crippen molar-refractivity contribution in [3.8, 4) is 0 Å². The van der Waals surface area contributed by atoms with Gasteiger partial charge < -0.3 is 4.42 Å². The third-order valence-corrected chi connectivity index (χ3v) is 7.20. The summed E-state index contributed by atoms with van der Waals surface area (Å²) in [5, 5.41) is 8.43. The summed E-state index contributed by atoms with van der Waals surface area (Å²) >= 11 is 1.66. The van der Waals surface area contributed by atoms with E-state index >= 15 is 0 Å². The van der Waals surface area contributed by atoms with E-state index in [0.717, 1.165) is 48.7 Å². The molecule has 0 radical (unpaired) electrons. The number of piperidine rings is 1. The summed E-state index contributed by atoms with van der Waals surface area (Å²) in [6.45, 7) is 2.34. The molecule has 31 heavy (non-hydrogen) atoms. The first-order valence-corrected chi connectivity index (χ1v) is 11.9. The largest absolute Gasteiger partial charge is 0.467 e. The highest BCUT2D eigenvalue weighted by molar-refractivity contribution is 7.12. The van der Waals surface area contributed by atoms with Crippen LogP contribution in [0.2, 0.25) is 0 Å². The van der Waals surface area contributed by atoms with Gasteiger partial charge in [0.25, 0.3) is 5.91 Å². The molecule has 0 N–H and O–H groups in total. The minimum atomic E-state index is -0.157. The molecule has 1 saturated heterocycles. The summed E-state index contributed by atoms with van der Waals surface area (Å²) in [6, 6.07) is 18.4. The zero-order valence-corrected chi connectivity index (χ0v) is 18.3. The van der Waals surface area contributed by atoms with Gasteiger partial charge in [-0.2, -0.15) is 5.10 Å². The van der Waals surface area contributed by atoms with Crippen molar-refractivity contribution in [1.29, 1.82) is 0 Å². The predicted octanol–water partition coefficient (Wildman–Crippen LogP) is 4.97. The van der Waals surface area contributed by atoms with E-state index in [-0.39, 0.29) is 11.9 Å². The van der Waals surface area contributed by atoms with E-state index in [2.05, 4.69) is 41.3 Å². The van der Waals surface area contributed by atoms with Crippen LogP contribution in [0.15, 0.2) is 75.8 Å². The highest BCUT2D eigenvalue weighted by atomic mass is 32.1. The molecule has 1 fully saturated rings. The van der Waals surface area contributed by atoms with Crippen LogP contribution in [0.1, 0.15) is 41.5 Å². The molecular weight excluding hydrogens is 406 g/mol. The van der Waals surface area contributed by atoms with Gasteiger partial charge in [0.05, 0.1) is 23.4 Å². The summed E-state index contributed by atoms with van der Waals surface area (Å²) in [4.78, 5) is 16.6. The maximum atomic E-state index is 13.2. The zero-order valence-electron chi connectivity index (χ0n) is 17.5. The Morgan fingerprint density at radius 1 is 1.06 bits per heavy atom. The van der Waals surface area contributed by atoms with Crippen molar-refractivity contribution >= 4 is 23.0 Å². The van der Waals surface area contributed by atoms with Crippen molar-refractivity contribution in [2.45, 2.75) is 31.7 Å². The average Bonchev–Trinajstić information content (AvgIpc) is 3.56. The number of likely N-dealkylation sites (tertiary alicyclic amines) is 1. The first-order chi connectivity index (χ1) is 15.3. The quantitative estimate of drug-likeness (QED) is 0.551. The van der Waals surface area contributed by atoms with Gasteiger partial charge in [-0.3, -0.25) is 9.69 Å². The SMILES string of the molecule is O=C(CN1CCC(Cc2ccccc2)CC1)N1N=C(c2cccs2)C[C@H]1c1ccco1. The molecule has 4 heterocycles. The summed E-state index contributed by atoms with van der Waals surface area (Å²) < 4.78 is 5.65. The minimum absolute atomic E-state index is 0.0504. The zero-order chi connectivity index (χ0) is 21.0. The summed E-state index contributed by atoms with van der Waals surface area (Å²) in [5.74, 6) is 1.54. The van der Waals surface area contributed by atoms with Crippen molar-refractivity contribution in [1.82, 2.24) is 9.91 Å². The standard InChI is InChI=1S/C25H27N3O2S/c29-25(18-27-12-10-20(11-13-27)16-19-6-2-1-3-7-19)28-22(23-8-4-14-30-23)17-21(26-28)24-9-5-15-31-24/h1-9,14-15,20,22H,10-13,16-18H2/t22-/m0/s1. The molecule has 5 rings (SSSR count). The number of nitrogens with zero attached hydrogens (tertiary/aromatic N) is 3. The van der Waals surface area contributed by atoms with Crippen LogP contribution in [0, 0.1) is 5.92 Å². The van der Waals surface area contributed by atoms with Gasteiger partial charge in [0.2, 0.25) is 0 Å². The molecule has 0 aliphatic carbocycles. The molecule has 5 nitrogen and oxygen atoms in total. The summed E-state index contributed by atoms with van der Waals surface area (Å²) in [6.07, 6.45) is 5.75. The van der Waals surface area contributed by atoms with Crippen LogP contribution >= 0.6 is 11.3 Å². The molecule has 1 aromatic carbocycles. The molecule has 6 heteroatoms. The van der Waals surface area contributed by atoms with Crippen molar-refractivity contribution in [3.05, 3.63) is 82.4 Å². The highest BCUT2D eigenvalue weighted by Crippen LogP contribution is 2.34. The van der Waals surface area contributed by atoms with E-state index in [1.54, 1.807) is 22.6 Å². The van der Waals surface area contributed by atoms with Crippen LogP contribution in [0.3, 0.4) is 0 Å².